The number of benzene rings is 2. The molecule has 3 rings (SSSR count). The van der Waals surface area contributed by atoms with Gasteiger partial charge in [0.25, 0.3) is 5.91 Å². The van der Waals surface area contributed by atoms with Crippen LogP contribution in [-0.4, -0.2) is 16.1 Å². The molecule has 0 aliphatic heterocycles. The van der Waals surface area contributed by atoms with Gasteiger partial charge in [-0.25, -0.2) is 0 Å². The average Bonchev–Trinajstić information content (AvgIpc) is 3.12. The number of halogens is 1. The van der Waals surface area contributed by atoms with E-state index in [1.807, 2.05) is 48.5 Å². The van der Waals surface area contributed by atoms with Gasteiger partial charge in [0.15, 0.2) is 4.34 Å². The van der Waals surface area contributed by atoms with Crippen LogP contribution < -0.4 is 5.32 Å². The Balaban J connectivity index is 1.54. The van der Waals surface area contributed by atoms with E-state index in [4.69, 9.17) is 11.6 Å². The highest BCUT2D eigenvalue weighted by molar-refractivity contribution is 8.00. The second-order valence-corrected chi connectivity index (χ2v) is 8.68. The molecule has 0 bridgehead atoms. The summed E-state index contributed by atoms with van der Waals surface area (Å²) >= 11 is 8.94. The van der Waals surface area contributed by atoms with Crippen LogP contribution in [0.15, 0.2) is 52.9 Å². The Labute approximate surface area is 172 Å². The quantitative estimate of drug-likeness (QED) is 0.356. The SMILES string of the molecule is CCCCc1ccc(C(=O)Nc2nnc(SCc3cccc(Cl)c3)s2)cc1. The predicted molar refractivity (Wildman–Crippen MR) is 114 cm³/mol. The number of carbonyl (C=O) groups is 1. The molecule has 2 aromatic carbocycles. The monoisotopic (exact) mass is 417 g/mol. The molecule has 1 N–H and O–H groups in total. The summed E-state index contributed by atoms with van der Waals surface area (Å²) in [6.07, 6.45) is 3.37. The van der Waals surface area contributed by atoms with Crippen molar-refractivity contribution in [3.8, 4) is 0 Å². The van der Waals surface area contributed by atoms with Gasteiger partial charge in [-0.15, -0.1) is 10.2 Å². The Hall–Kier alpha value is -1.89. The summed E-state index contributed by atoms with van der Waals surface area (Å²) in [4.78, 5) is 12.4. The zero-order chi connectivity index (χ0) is 19.1. The summed E-state index contributed by atoms with van der Waals surface area (Å²) in [5, 5.41) is 12.2. The van der Waals surface area contributed by atoms with Crippen molar-refractivity contribution < 1.29 is 4.79 Å². The Kier molecular flexibility index (Phi) is 7.26. The molecule has 140 valence electrons. The number of unbranched alkanes of at least 4 members (excludes halogenated alkanes) is 1. The van der Waals surface area contributed by atoms with Crippen molar-refractivity contribution in [1.82, 2.24) is 10.2 Å². The summed E-state index contributed by atoms with van der Waals surface area (Å²) in [5.41, 5.74) is 3.00. The summed E-state index contributed by atoms with van der Waals surface area (Å²) in [5.74, 6) is 0.585. The number of hydrogen-bond acceptors (Lipinski definition) is 5. The van der Waals surface area contributed by atoms with E-state index >= 15 is 0 Å². The van der Waals surface area contributed by atoms with Gasteiger partial charge in [0.1, 0.15) is 0 Å². The van der Waals surface area contributed by atoms with Gasteiger partial charge in [0, 0.05) is 16.3 Å². The third-order valence-electron chi connectivity index (χ3n) is 3.91. The van der Waals surface area contributed by atoms with Crippen molar-refractivity contribution in [3.05, 3.63) is 70.2 Å². The van der Waals surface area contributed by atoms with E-state index in [0.717, 1.165) is 39.9 Å². The number of rotatable bonds is 8. The molecule has 0 radical (unpaired) electrons. The summed E-state index contributed by atoms with van der Waals surface area (Å²) in [6.45, 7) is 2.17. The molecular weight excluding hydrogens is 398 g/mol. The normalized spacial score (nSPS) is 10.7. The zero-order valence-electron chi connectivity index (χ0n) is 14.9. The van der Waals surface area contributed by atoms with Crippen molar-refractivity contribution in [3.63, 3.8) is 0 Å². The Morgan fingerprint density at radius 3 is 2.70 bits per heavy atom. The molecule has 0 spiro atoms. The predicted octanol–water partition coefficient (Wildman–Crippen LogP) is 6.08. The standard InChI is InChI=1S/C20H20ClN3OS2/c1-2-3-5-14-8-10-16(11-9-14)18(25)22-19-23-24-20(27-19)26-13-15-6-4-7-17(21)12-15/h4,6-12H,2-3,5,13H2,1H3,(H,22,23,25). The van der Waals surface area contributed by atoms with E-state index in [1.165, 1.54) is 16.9 Å². The first-order chi connectivity index (χ1) is 13.1. The fourth-order valence-corrected chi connectivity index (χ4v) is 4.37. The molecular formula is C20H20ClN3OS2. The summed E-state index contributed by atoms with van der Waals surface area (Å²) < 4.78 is 0.806. The molecule has 1 amide bonds. The van der Waals surface area contributed by atoms with Crippen LogP contribution in [-0.2, 0) is 12.2 Å². The second-order valence-electron chi connectivity index (χ2n) is 6.05. The minimum absolute atomic E-state index is 0.167. The fourth-order valence-electron chi connectivity index (χ4n) is 2.46. The van der Waals surface area contributed by atoms with Gasteiger partial charge in [0.2, 0.25) is 5.13 Å². The van der Waals surface area contributed by atoms with Crippen LogP contribution in [0.3, 0.4) is 0 Å². The number of carbonyl (C=O) groups excluding carboxylic acids is 1. The first kappa shape index (κ1) is 19.9. The maximum atomic E-state index is 12.4. The highest BCUT2D eigenvalue weighted by Gasteiger charge is 2.11. The third kappa shape index (κ3) is 6.06. The largest absolute Gasteiger partial charge is 0.296 e. The smallest absolute Gasteiger partial charge is 0.257 e. The van der Waals surface area contributed by atoms with Crippen molar-refractivity contribution in [1.29, 1.82) is 0 Å². The van der Waals surface area contributed by atoms with Crippen LogP contribution in [0.2, 0.25) is 5.02 Å². The maximum Gasteiger partial charge on any atom is 0.257 e. The van der Waals surface area contributed by atoms with Crippen molar-refractivity contribution in [2.75, 3.05) is 5.32 Å². The van der Waals surface area contributed by atoms with Gasteiger partial charge in [-0.05, 0) is 48.2 Å². The topological polar surface area (TPSA) is 54.9 Å². The number of amides is 1. The molecule has 0 atom stereocenters. The number of thioether (sulfide) groups is 1. The fraction of sp³-hybridized carbons (Fsp3) is 0.250. The van der Waals surface area contributed by atoms with Crippen molar-refractivity contribution in [2.45, 2.75) is 36.3 Å². The number of aromatic nitrogens is 2. The number of hydrogen-bond donors (Lipinski definition) is 1. The number of aryl methyl sites for hydroxylation is 1. The molecule has 0 aliphatic rings. The Bertz CT molecular complexity index is 896. The maximum absolute atomic E-state index is 12.4. The van der Waals surface area contributed by atoms with Crippen LogP contribution in [0.5, 0.6) is 0 Å². The van der Waals surface area contributed by atoms with Crippen LogP contribution in [0, 0.1) is 0 Å². The zero-order valence-corrected chi connectivity index (χ0v) is 17.3. The van der Waals surface area contributed by atoms with Gasteiger partial charge in [0.05, 0.1) is 0 Å². The van der Waals surface area contributed by atoms with Gasteiger partial charge >= 0.3 is 0 Å². The van der Waals surface area contributed by atoms with Crippen LogP contribution >= 0.6 is 34.7 Å². The second kappa shape index (κ2) is 9.88. The van der Waals surface area contributed by atoms with Gasteiger partial charge < -0.3 is 0 Å². The minimum Gasteiger partial charge on any atom is -0.296 e. The molecule has 0 saturated carbocycles. The van der Waals surface area contributed by atoms with E-state index in [-0.39, 0.29) is 5.91 Å². The van der Waals surface area contributed by atoms with Crippen LogP contribution in [0.4, 0.5) is 5.13 Å². The molecule has 4 nitrogen and oxygen atoms in total. The lowest BCUT2D eigenvalue weighted by atomic mass is 10.1. The van der Waals surface area contributed by atoms with Crippen LogP contribution in [0.1, 0.15) is 41.3 Å². The minimum atomic E-state index is -0.167. The first-order valence-corrected chi connectivity index (χ1v) is 10.9. The molecule has 3 aromatic rings. The summed E-state index contributed by atoms with van der Waals surface area (Å²) in [6, 6.07) is 15.5. The highest BCUT2D eigenvalue weighted by atomic mass is 35.5. The molecule has 27 heavy (non-hydrogen) atoms. The van der Waals surface area contributed by atoms with E-state index in [0.29, 0.717) is 10.7 Å². The van der Waals surface area contributed by atoms with Crippen molar-refractivity contribution in [2.24, 2.45) is 0 Å². The lowest BCUT2D eigenvalue weighted by molar-refractivity contribution is 0.102. The first-order valence-electron chi connectivity index (χ1n) is 8.75. The van der Waals surface area contributed by atoms with Crippen LogP contribution in [0.25, 0.3) is 0 Å². The van der Waals surface area contributed by atoms with E-state index in [1.54, 1.807) is 11.8 Å². The molecule has 0 fully saturated rings. The van der Waals surface area contributed by atoms with Gasteiger partial charge in [-0.2, -0.15) is 0 Å². The Morgan fingerprint density at radius 2 is 1.96 bits per heavy atom. The number of anilines is 1. The summed E-state index contributed by atoms with van der Waals surface area (Å²) in [7, 11) is 0. The van der Waals surface area contributed by atoms with E-state index in [2.05, 4.69) is 22.4 Å². The molecule has 0 unspecified atom stereocenters. The molecule has 0 aliphatic carbocycles. The van der Waals surface area contributed by atoms with Crippen molar-refractivity contribution >= 4 is 45.7 Å². The van der Waals surface area contributed by atoms with E-state index < -0.39 is 0 Å². The van der Waals surface area contributed by atoms with Gasteiger partial charge in [-0.1, -0.05) is 72.3 Å². The van der Waals surface area contributed by atoms with E-state index in [9.17, 15) is 4.79 Å². The molecule has 7 heteroatoms. The average molecular weight is 418 g/mol. The lowest BCUT2D eigenvalue weighted by Gasteiger charge is -2.03. The number of nitrogens with zero attached hydrogens (tertiary/aromatic N) is 2. The third-order valence-corrected chi connectivity index (χ3v) is 6.19. The molecule has 0 saturated heterocycles. The lowest BCUT2D eigenvalue weighted by Crippen LogP contribution is -2.11. The molecule has 1 aromatic heterocycles. The van der Waals surface area contributed by atoms with Gasteiger partial charge in [-0.3, -0.25) is 10.1 Å². The highest BCUT2D eigenvalue weighted by Crippen LogP contribution is 2.29. The molecule has 1 heterocycles. The number of nitrogens with one attached hydrogen (secondary N) is 1. The Morgan fingerprint density at radius 1 is 1.15 bits per heavy atom.